The molecule has 1 rings (SSSR count). The molecule has 0 aromatic carbocycles. The number of hydrogen-bond donors (Lipinski definition) is 0. The fraction of sp³-hybridized carbons (Fsp3) is 0.778. The third kappa shape index (κ3) is 1.76. The maximum absolute atomic E-state index is 3.80. The summed E-state index contributed by atoms with van der Waals surface area (Å²) in [7, 11) is 0. The minimum absolute atomic E-state index is 0.722. The van der Waals surface area contributed by atoms with Crippen LogP contribution in [-0.4, -0.2) is 17.5 Å². The summed E-state index contributed by atoms with van der Waals surface area (Å²) in [6.45, 7) is 7.30. The van der Waals surface area contributed by atoms with E-state index in [4.69, 9.17) is 0 Å². The van der Waals surface area contributed by atoms with Crippen molar-refractivity contribution < 1.29 is 0 Å². The molecule has 0 aromatic rings. The van der Waals surface area contributed by atoms with E-state index in [1.807, 2.05) is 6.20 Å². The van der Waals surface area contributed by atoms with Gasteiger partial charge in [0.05, 0.1) is 0 Å². The van der Waals surface area contributed by atoms with Crippen molar-refractivity contribution in [1.82, 2.24) is 4.90 Å². The van der Waals surface area contributed by atoms with Crippen molar-refractivity contribution in [3.8, 4) is 0 Å². The van der Waals surface area contributed by atoms with Crippen LogP contribution in [0.2, 0.25) is 0 Å². The highest BCUT2D eigenvalue weighted by molar-refractivity contribution is 4.79. The van der Waals surface area contributed by atoms with Gasteiger partial charge in [0.1, 0.15) is 0 Å². The van der Waals surface area contributed by atoms with Crippen molar-refractivity contribution in [2.24, 2.45) is 0 Å². The molecular weight excluding hydrogens is 122 g/mol. The molecular formula is C9H17N. The van der Waals surface area contributed by atoms with Crippen LogP contribution in [0.5, 0.6) is 0 Å². The molecule has 1 atom stereocenters. The second-order valence-corrected chi connectivity index (χ2v) is 3.12. The average molecular weight is 139 g/mol. The second-order valence-electron chi connectivity index (χ2n) is 3.12. The van der Waals surface area contributed by atoms with Crippen LogP contribution < -0.4 is 0 Å². The van der Waals surface area contributed by atoms with E-state index in [1.165, 1.54) is 32.2 Å². The maximum atomic E-state index is 3.80. The average Bonchev–Trinajstić information content (AvgIpc) is 2.13. The Morgan fingerprint density at radius 2 is 2.20 bits per heavy atom. The van der Waals surface area contributed by atoms with Crippen LogP contribution in [0.4, 0.5) is 0 Å². The molecule has 0 saturated carbocycles. The minimum atomic E-state index is 0.722. The first-order chi connectivity index (χ1) is 4.84. The Kier molecular flexibility index (Phi) is 2.79. The quantitative estimate of drug-likeness (QED) is 0.539. The van der Waals surface area contributed by atoms with Gasteiger partial charge < -0.3 is 4.90 Å². The van der Waals surface area contributed by atoms with Crippen molar-refractivity contribution in [3.63, 3.8) is 0 Å². The van der Waals surface area contributed by atoms with Gasteiger partial charge >= 0.3 is 0 Å². The van der Waals surface area contributed by atoms with Gasteiger partial charge in [0.2, 0.25) is 0 Å². The van der Waals surface area contributed by atoms with E-state index >= 15 is 0 Å². The van der Waals surface area contributed by atoms with E-state index in [0.29, 0.717) is 0 Å². The summed E-state index contributed by atoms with van der Waals surface area (Å²) < 4.78 is 0. The fourth-order valence-electron chi connectivity index (χ4n) is 1.57. The van der Waals surface area contributed by atoms with Crippen molar-refractivity contribution in [1.29, 1.82) is 0 Å². The summed E-state index contributed by atoms with van der Waals surface area (Å²) in [5, 5.41) is 0. The van der Waals surface area contributed by atoms with E-state index in [9.17, 15) is 0 Å². The lowest BCUT2D eigenvalue weighted by atomic mass is 10.1. The van der Waals surface area contributed by atoms with Crippen molar-refractivity contribution in [3.05, 3.63) is 12.8 Å². The van der Waals surface area contributed by atoms with E-state index in [0.717, 1.165) is 6.04 Å². The van der Waals surface area contributed by atoms with Crippen LogP contribution in [0, 0.1) is 0 Å². The molecule has 1 aliphatic heterocycles. The molecule has 1 heteroatoms. The summed E-state index contributed by atoms with van der Waals surface area (Å²) in [5.74, 6) is 0. The van der Waals surface area contributed by atoms with Gasteiger partial charge in [-0.1, -0.05) is 19.4 Å². The Morgan fingerprint density at radius 3 is 2.90 bits per heavy atom. The molecule has 0 aromatic heterocycles. The first-order valence-electron chi connectivity index (χ1n) is 4.23. The normalized spacial score (nSPS) is 27.7. The number of likely N-dealkylation sites (tertiary alicyclic amines) is 1. The molecule has 1 nitrogen and oxygen atoms in total. The molecule has 0 N–H and O–H groups in total. The summed E-state index contributed by atoms with van der Waals surface area (Å²) >= 11 is 0. The number of nitrogens with zero attached hydrogens (tertiary/aromatic N) is 1. The smallest absolute Gasteiger partial charge is 0.0255 e. The molecule has 1 unspecified atom stereocenters. The molecule has 0 bridgehead atoms. The standard InChI is InChI=1S/C9H17N/c1-3-10-8-6-4-5-7-9(10)2/h3,9H,1,4-8H2,2H3. The van der Waals surface area contributed by atoms with Gasteiger partial charge in [0.15, 0.2) is 0 Å². The molecule has 0 aliphatic carbocycles. The lowest BCUT2D eigenvalue weighted by Crippen LogP contribution is -2.26. The Balaban J connectivity index is 2.43. The highest BCUT2D eigenvalue weighted by Gasteiger charge is 2.11. The molecule has 1 saturated heterocycles. The predicted octanol–water partition coefficient (Wildman–Crippen LogP) is 2.39. The van der Waals surface area contributed by atoms with Crippen molar-refractivity contribution in [2.75, 3.05) is 6.54 Å². The summed E-state index contributed by atoms with van der Waals surface area (Å²) in [6, 6.07) is 0.722. The van der Waals surface area contributed by atoms with E-state index < -0.39 is 0 Å². The van der Waals surface area contributed by atoms with Gasteiger partial charge in [-0.15, -0.1) is 0 Å². The van der Waals surface area contributed by atoms with Crippen LogP contribution in [-0.2, 0) is 0 Å². The highest BCUT2D eigenvalue weighted by Crippen LogP contribution is 2.15. The molecule has 0 radical (unpaired) electrons. The molecule has 1 heterocycles. The lowest BCUT2D eigenvalue weighted by molar-refractivity contribution is 0.300. The van der Waals surface area contributed by atoms with Gasteiger partial charge in [0.25, 0.3) is 0 Å². The zero-order valence-corrected chi connectivity index (χ0v) is 6.84. The van der Waals surface area contributed by atoms with Crippen LogP contribution in [0.1, 0.15) is 32.6 Å². The lowest BCUT2D eigenvalue weighted by Gasteiger charge is -2.24. The minimum Gasteiger partial charge on any atom is -0.375 e. The van der Waals surface area contributed by atoms with E-state index in [-0.39, 0.29) is 0 Å². The predicted molar refractivity (Wildman–Crippen MR) is 44.8 cm³/mol. The SMILES string of the molecule is C=CN1CCCCCC1C. The third-order valence-corrected chi connectivity index (χ3v) is 2.34. The molecule has 0 amide bonds. The topological polar surface area (TPSA) is 3.24 Å². The van der Waals surface area contributed by atoms with Crippen molar-refractivity contribution >= 4 is 0 Å². The van der Waals surface area contributed by atoms with Gasteiger partial charge in [-0.3, -0.25) is 0 Å². The first-order valence-corrected chi connectivity index (χ1v) is 4.23. The van der Waals surface area contributed by atoms with Gasteiger partial charge in [0, 0.05) is 12.6 Å². The van der Waals surface area contributed by atoms with E-state index in [2.05, 4.69) is 18.4 Å². The van der Waals surface area contributed by atoms with Gasteiger partial charge in [-0.05, 0) is 26.0 Å². The molecule has 0 spiro atoms. The zero-order chi connectivity index (χ0) is 7.40. The molecule has 1 fully saturated rings. The van der Waals surface area contributed by atoms with Crippen LogP contribution in [0.25, 0.3) is 0 Å². The largest absolute Gasteiger partial charge is 0.375 e. The van der Waals surface area contributed by atoms with Crippen LogP contribution >= 0.6 is 0 Å². The number of hydrogen-bond acceptors (Lipinski definition) is 1. The van der Waals surface area contributed by atoms with Gasteiger partial charge in [-0.2, -0.15) is 0 Å². The third-order valence-electron chi connectivity index (χ3n) is 2.34. The highest BCUT2D eigenvalue weighted by atomic mass is 15.1. The fourth-order valence-corrected chi connectivity index (χ4v) is 1.57. The van der Waals surface area contributed by atoms with E-state index in [1.54, 1.807) is 0 Å². The number of rotatable bonds is 1. The zero-order valence-electron chi connectivity index (χ0n) is 6.84. The summed E-state index contributed by atoms with van der Waals surface area (Å²) in [6.07, 6.45) is 7.46. The van der Waals surface area contributed by atoms with Crippen molar-refractivity contribution in [2.45, 2.75) is 38.6 Å². The monoisotopic (exact) mass is 139 g/mol. The Hall–Kier alpha value is -0.460. The van der Waals surface area contributed by atoms with Crippen LogP contribution in [0.3, 0.4) is 0 Å². The Bertz CT molecular complexity index is 109. The summed E-state index contributed by atoms with van der Waals surface area (Å²) in [5.41, 5.74) is 0. The molecule has 58 valence electrons. The molecule has 10 heavy (non-hydrogen) atoms. The van der Waals surface area contributed by atoms with Gasteiger partial charge in [-0.25, -0.2) is 0 Å². The maximum Gasteiger partial charge on any atom is 0.0255 e. The molecule has 1 aliphatic rings. The Morgan fingerprint density at radius 1 is 1.40 bits per heavy atom. The summed E-state index contributed by atoms with van der Waals surface area (Å²) in [4.78, 5) is 2.35. The second kappa shape index (κ2) is 3.65. The Labute approximate surface area is 63.7 Å². The van der Waals surface area contributed by atoms with Crippen LogP contribution in [0.15, 0.2) is 12.8 Å². The first kappa shape index (κ1) is 7.64.